The van der Waals surface area contributed by atoms with Crippen molar-refractivity contribution in [1.82, 2.24) is 0 Å². The fourth-order valence-corrected chi connectivity index (χ4v) is 1.11. The third kappa shape index (κ3) is 2.28. The molecule has 0 aliphatic heterocycles. The van der Waals surface area contributed by atoms with Gasteiger partial charge in [0.25, 0.3) is 0 Å². The van der Waals surface area contributed by atoms with E-state index >= 15 is 0 Å². The third-order valence-electron chi connectivity index (χ3n) is 1.81. The normalized spacial score (nSPS) is 14.6. The lowest BCUT2D eigenvalue weighted by Gasteiger charge is -2.11. The molecule has 3 heteroatoms. The monoisotopic (exact) mass is 177 g/mol. The zero-order chi connectivity index (χ0) is 9.84. The van der Waals surface area contributed by atoms with E-state index in [1.807, 2.05) is 13.0 Å². The molecule has 1 rings (SSSR count). The molecular weight excluding hydrogens is 166 g/mol. The number of nitriles is 1. The topological polar surface area (TPSA) is 64.2 Å². The smallest absolute Gasteiger partial charge is 0.170 e. The summed E-state index contributed by atoms with van der Waals surface area (Å²) in [6, 6.07) is 8.67. The molecule has 0 radical (unpaired) electrons. The van der Waals surface area contributed by atoms with Crippen molar-refractivity contribution >= 4 is 0 Å². The predicted octanol–water partition coefficient (Wildman–Crippen LogP) is 0.913. The Kier molecular flexibility index (Phi) is 3.02. The van der Waals surface area contributed by atoms with Crippen molar-refractivity contribution in [3.8, 4) is 6.07 Å². The van der Waals surface area contributed by atoms with Gasteiger partial charge in [0.1, 0.15) is 6.10 Å². The summed E-state index contributed by atoms with van der Waals surface area (Å²) in [7, 11) is 0. The minimum Gasteiger partial charge on any atom is -0.385 e. The van der Waals surface area contributed by atoms with E-state index in [9.17, 15) is 5.11 Å². The van der Waals surface area contributed by atoms with Crippen LogP contribution in [0.15, 0.2) is 24.3 Å². The van der Waals surface area contributed by atoms with Gasteiger partial charge in [-0.3, -0.25) is 0 Å². The van der Waals surface area contributed by atoms with Crippen LogP contribution in [0.5, 0.6) is 0 Å². The Hall–Kier alpha value is -1.37. The fraction of sp³-hybridized carbons (Fsp3) is 0.300. The van der Waals surface area contributed by atoms with Crippen LogP contribution in [0.25, 0.3) is 0 Å². The SMILES string of the molecule is Cc1cccc([C@H](O)[C@@H](O)C#N)c1. The molecule has 0 bridgehead atoms. The first-order valence-electron chi connectivity index (χ1n) is 3.97. The van der Waals surface area contributed by atoms with Crippen molar-refractivity contribution in [3.63, 3.8) is 0 Å². The van der Waals surface area contributed by atoms with E-state index in [1.54, 1.807) is 24.3 Å². The summed E-state index contributed by atoms with van der Waals surface area (Å²) in [4.78, 5) is 0. The lowest BCUT2D eigenvalue weighted by atomic mass is 10.0. The highest BCUT2D eigenvalue weighted by atomic mass is 16.3. The molecule has 0 fully saturated rings. The van der Waals surface area contributed by atoms with Gasteiger partial charge in [0.15, 0.2) is 6.10 Å². The van der Waals surface area contributed by atoms with E-state index in [-0.39, 0.29) is 0 Å². The van der Waals surface area contributed by atoms with Crippen LogP contribution >= 0.6 is 0 Å². The van der Waals surface area contributed by atoms with Crippen molar-refractivity contribution in [2.45, 2.75) is 19.1 Å². The second-order valence-electron chi connectivity index (χ2n) is 2.93. The molecule has 3 nitrogen and oxygen atoms in total. The van der Waals surface area contributed by atoms with Crippen LogP contribution in [-0.4, -0.2) is 16.3 Å². The quantitative estimate of drug-likeness (QED) is 0.660. The van der Waals surface area contributed by atoms with Crippen molar-refractivity contribution in [2.24, 2.45) is 0 Å². The third-order valence-corrected chi connectivity index (χ3v) is 1.81. The van der Waals surface area contributed by atoms with Crippen LogP contribution < -0.4 is 0 Å². The average Bonchev–Trinajstić information content (AvgIpc) is 2.15. The molecule has 0 heterocycles. The molecule has 2 N–H and O–H groups in total. The maximum atomic E-state index is 9.44. The van der Waals surface area contributed by atoms with Gasteiger partial charge in [-0.25, -0.2) is 0 Å². The number of aliphatic hydroxyl groups is 2. The van der Waals surface area contributed by atoms with Crippen LogP contribution in [0.4, 0.5) is 0 Å². The minimum atomic E-state index is -1.36. The maximum absolute atomic E-state index is 9.44. The summed E-state index contributed by atoms with van der Waals surface area (Å²) in [5.41, 5.74) is 1.55. The predicted molar refractivity (Wildman–Crippen MR) is 47.8 cm³/mol. The molecule has 0 amide bonds. The molecule has 0 spiro atoms. The van der Waals surface area contributed by atoms with Gasteiger partial charge in [-0.05, 0) is 12.5 Å². The highest BCUT2D eigenvalue weighted by Crippen LogP contribution is 2.17. The first-order chi connectivity index (χ1) is 6.15. The van der Waals surface area contributed by atoms with Crippen molar-refractivity contribution in [1.29, 1.82) is 5.26 Å². The summed E-state index contributed by atoms with van der Waals surface area (Å²) in [5, 5.41) is 26.9. The van der Waals surface area contributed by atoms with E-state index in [4.69, 9.17) is 10.4 Å². The zero-order valence-corrected chi connectivity index (χ0v) is 7.31. The summed E-state index contributed by atoms with van der Waals surface area (Å²) in [6.45, 7) is 1.88. The molecular formula is C10H11NO2. The lowest BCUT2D eigenvalue weighted by molar-refractivity contribution is 0.0527. The van der Waals surface area contributed by atoms with Gasteiger partial charge in [0.2, 0.25) is 0 Å². The van der Waals surface area contributed by atoms with Crippen LogP contribution in [0.2, 0.25) is 0 Å². The van der Waals surface area contributed by atoms with Gasteiger partial charge < -0.3 is 10.2 Å². The van der Waals surface area contributed by atoms with Gasteiger partial charge >= 0.3 is 0 Å². The molecule has 0 aliphatic carbocycles. The van der Waals surface area contributed by atoms with Crippen molar-refractivity contribution in [2.75, 3.05) is 0 Å². The second-order valence-corrected chi connectivity index (χ2v) is 2.93. The largest absolute Gasteiger partial charge is 0.385 e. The number of hydrogen-bond acceptors (Lipinski definition) is 3. The molecule has 0 saturated carbocycles. The van der Waals surface area contributed by atoms with Crippen molar-refractivity contribution < 1.29 is 10.2 Å². The summed E-state index contributed by atoms with van der Waals surface area (Å²) in [6.07, 6.45) is -2.48. The van der Waals surface area contributed by atoms with Gasteiger partial charge in [-0.2, -0.15) is 5.26 Å². The maximum Gasteiger partial charge on any atom is 0.170 e. The Morgan fingerprint density at radius 1 is 1.38 bits per heavy atom. The molecule has 2 atom stereocenters. The highest BCUT2D eigenvalue weighted by molar-refractivity contribution is 5.25. The number of benzene rings is 1. The zero-order valence-electron chi connectivity index (χ0n) is 7.31. The van der Waals surface area contributed by atoms with Crippen LogP contribution in [0, 0.1) is 18.3 Å². The molecule has 1 aromatic carbocycles. The molecule has 13 heavy (non-hydrogen) atoms. The Morgan fingerprint density at radius 3 is 2.62 bits per heavy atom. The summed E-state index contributed by atoms with van der Waals surface area (Å²) < 4.78 is 0. The highest BCUT2D eigenvalue weighted by Gasteiger charge is 2.16. The summed E-state index contributed by atoms with van der Waals surface area (Å²) in [5.74, 6) is 0. The molecule has 0 aromatic heterocycles. The molecule has 68 valence electrons. The fourth-order valence-electron chi connectivity index (χ4n) is 1.11. The van der Waals surface area contributed by atoms with E-state index in [0.717, 1.165) is 5.56 Å². The van der Waals surface area contributed by atoms with Crippen LogP contribution in [-0.2, 0) is 0 Å². The minimum absolute atomic E-state index is 0.564. The van der Waals surface area contributed by atoms with Crippen LogP contribution in [0.1, 0.15) is 17.2 Å². The van der Waals surface area contributed by atoms with Gasteiger partial charge in [-0.15, -0.1) is 0 Å². The number of hydrogen-bond donors (Lipinski definition) is 2. The molecule has 0 aliphatic rings. The van der Waals surface area contributed by atoms with Gasteiger partial charge in [0.05, 0.1) is 6.07 Å². The standard InChI is InChI=1S/C10H11NO2/c1-7-3-2-4-8(5-7)10(13)9(12)6-11/h2-5,9-10,12-13H,1H3/t9-,10-/m0/s1. The average molecular weight is 177 g/mol. The number of aliphatic hydroxyl groups excluding tert-OH is 2. The lowest BCUT2D eigenvalue weighted by Crippen LogP contribution is -2.15. The first-order valence-corrected chi connectivity index (χ1v) is 3.97. The Morgan fingerprint density at radius 2 is 2.08 bits per heavy atom. The summed E-state index contributed by atoms with van der Waals surface area (Å²) >= 11 is 0. The number of nitrogens with zero attached hydrogens (tertiary/aromatic N) is 1. The van der Waals surface area contributed by atoms with E-state index in [2.05, 4.69) is 0 Å². The molecule has 0 unspecified atom stereocenters. The second kappa shape index (κ2) is 4.04. The first kappa shape index (κ1) is 9.72. The number of aryl methyl sites for hydroxylation is 1. The van der Waals surface area contributed by atoms with Crippen molar-refractivity contribution in [3.05, 3.63) is 35.4 Å². The van der Waals surface area contributed by atoms with Crippen LogP contribution in [0.3, 0.4) is 0 Å². The number of rotatable bonds is 2. The van der Waals surface area contributed by atoms with Gasteiger partial charge in [-0.1, -0.05) is 29.8 Å². The molecule has 0 saturated heterocycles. The Labute approximate surface area is 76.9 Å². The van der Waals surface area contributed by atoms with E-state index < -0.39 is 12.2 Å². The Bertz CT molecular complexity index is 330. The van der Waals surface area contributed by atoms with E-state index in [0.29, 0.717) is 5.56 Å². The Balaban J connectivity index is 2.90. The molecule has 1 aromatic rings. The van der Waals surface area contributed by atoms with Gasteiger partial charge in [0, 0.05) is 0 Å². The van der Waals surface area contributed by atoms with E-state index in [1.165, 1.54) is 0 Å².